The molecule has 2 atom stereocenters. The Morgan fingerprint density at radius 3 is 2.12 bits per heavy atom. The summed E-state index contributed by atoms with van der Waals surface area (Å²) in [7, 11) is 2.99. The highest BCUT2D eigenvalue weighted by molar-refractivity contribution is 5.92. The number of amides is 1. The summed E-state index contributed by atoms with van der Waals surface area (Å²) in [5.74, 6) is 0.113. The molecular weight excluding hydrogens is 314 g/mol. The van der Waals surface area contributed by atoms with E-state index in [4.69, 9.17) is 18.9 Å². The zero-order chi connectivity index (χ0) is 17.7. The lowest BCUT2D eigenvalue weighted by Crippen LogP contribution is -2.49. The van der Waals surface area contributed by atoms with Crippen molar-refractivity contribution in [2.24, 2.45) is 0 Å². The molecule has 0 aromatic heterocycles. The SMILES string of the molecule is COc1cc(OC)cc(C(=O)OCC(=O)N2C[C@@H](C)O[C@H](C)C2)c1. The average Bonchev–Trinajstić information content (AvgIpc) is 2.57. The molecule has 1 aromatic carbocycles. The molecule has 1 saturated heterocycles. The molecule has 7 heteroatoms. The van der Waals surface area contributed by atoms with E-state index in [2.05, 4.69) is 0 Å². The summed E-state index contributed by atoms with van der Waals surface area (Å²) in [6, 6.07) is 4.72. The fourth-order valence-electron chi connectivity index (χ4n) is 2.61. The summed E-state index contributed by atoms with van der Waals surface area (Å²) in [6.45, 7) is 4.49. The van der Waals surface area contributed by atoms with Crippen molar-refractivity contribution in [1.29, 1.82) is 0 Å². The van der Waals surface area contributed by atoms with Crippen LogP contribution >= 0.6 is 0 Å². The molecule has 0 N–H and O–H groups in total. The maximum Gasteiger partial charge on any atom is 0.338 e. The lowest BCUT2D eigenvalue weighted by atomic mass is 10.2. The normalized spacial score (nSPS) is 20.4. The quantitative estimate of drug-likeness (QED) is 0.758. The zero-order valence-electron chi connectivity index (χ0n) is 14.4. The topological polar surface area (TPSA) is 74.3 Å². The zero-order valence-corrected chi connectivity index (χ0v) is 14.4. The number of carbonyl (C=O) groups excluding carboxylic acids is 2. The van der Waals surface area contributed by atoms with E-state index in [9.17, 15) is 9.59 Å². The Labute approximate surface area is 141 Å². The summed E-state index contributed by atoms with van der Waals surface area (Å²) < 4.78 is 20.9. The van der Waals surface area contributed by atoms with E-state index >= 15 is 0 Å². The average molecular weight is 337 g/mol. The molecule has 0 saturated carbocycles. The van der Waals surface area contributed by atoms with Gasteiger partial charge in [0.2, 0.25) is 0 Å². The van der Waals surface area contributed by atoms with E-state index < -0.39 is 5.97 Å². The third-order valence-corrected chi connectivity index (χ3v) is 3.69. The summed E-state index contributed by atoms with van der Waals surface area (Å²) in [5, 5.41) is 0. The number of methoxy groups -OCH3 is 2. The first-order valence-corrected chi connectivity index (χ1v) is 7.76. The standard InChI is InChI=1S/C17H23NO6/c1-11-8-18(9-12(2)24-11)16(19)10-23-17(20)13-5-14(21-3)7-15(6-13)22-4/h5-7,11-12H,8-10H2,1-4H3/t11-,12-/m1/s1. The number of ether oxygens (including phenoxy) is 4. The predicted molar refractivity (Wildman–Crippen MR) is 86.4 cm³/mol. The van der Waals surface area contributed by atoms with Crippen LogP contribution in [0, 0.1) is 0 Å². The number of hydrogen-bond donors (Lipinski definition) is 0. The maximum absolute atomic E-state index is 12.2. The second-order valence-electron chi connectivity index (χ2n) is 5.73. The first-order valence-electron chi connectivity index (χ1n) is 7.76. The summed E-state index contributed by atoms with van der Waals surface area (Å²) >= 11 is 0. The summed E-state index contributed by atoms with van der Waals surface area (Å²) in [5.41, 5.74) is 0.266. The van der Waals surface area contributed by atoms with Crippen molar-refractivity contribution in [3.8, 4) is 11.5 Å². The van der Waals surface area contributed by atoms with Gasteiger partial charge in [0.25, 0.3) is 5.91 Å². The van der Waals surface area contributed by atoms with Crippen LogP contribution in [-0.2, 0) is 14.3 Å². The minimum Gasteiger partial charge on any atom is -0.497 e. The van der Waals surface area contributed by atoms with Crippen molar-refractivity contribution in [3.63, 3.8) is 0 Å². The molecule has 1 aromatic rings. The predicted octanol–water partition coefficient (Wildman–Crippen LogP) is 1.50. The number of morpholine rings is 1. The fourth-order valence-corrected chi connectivity index (χ4v) is 2.61. The monoisotopic (exact) mass is 337 g/mol. The van der Waals surface area contributed by atoms with Crippen LogP contribution in [0.1, 0.15) is 24.2 Å². The van der Waals surface area contributed by atoms with Crippen molar-refractivity contribution in [3.05, 3.63) is 23.8 Å². The Morgan fingerprint density at radius 2 is 1.62 bits per heavy atom. The van der Waals surface area contributed by atoms with Crippen molar-refractivity contribution >= 4 is 11.9 Å². The van der Waals surface area contributed by atoms with Gasteiger partial charge in [-0.05, 0) is 26.0 Å². The van der Waals surface area contributed by atoms with E-state index in [1.807, 2.05) is 13.8 Å². The number of benzene rings is 1. The number of rotatable bonds is 5. The molecule has 0 bridgehead atoms. The summed E-state index contributed by atoms with van der Waals surface area (Å²) in [4.78, 5) is 26.0. The number of hydrogen-bond acceptors (Lipinski definition) is 6. The van der Waals surface area contributed by atoms with E-state index in [-0.39, 0.29) is 30.3 Å². The van der Waals surface area contributed by atoms with Crippen molar-refractivity contribution in [2.45, 2.75) is 26.1 Å². The highest BCUT2D eigenvalue weighted by Crippen LogP contribution is 2.23. The second kappa shape index (κ2) is 8.01. The first kappa shape index (κ1) is 18.1. The molecule has 1 heterocycles. The van der Waals surface area contributed by atoms with Gasteiger partial charge in [-0.15, -0.1) is 0 Å². The second-order valence-corrected chi connectivity index (χ2v) is 5.73. The molecule has 1 aliphatic rings. The van der Waals surface area contributed by atoms with E-state index in [0.717, 1.165) is 0 Å². The van der Waals surface area contributed by atoms with Gasteiger partial charge >= 0.3 is 5.97 Å². The van der Waals surface area contributed by atoms with Crippen LogP contribution in [0.4, 0.5) is 0 Å². The smallest absolute Gasteiger partial charge is 0.338 e. The molecule has 1 amide bonds. The highest BCUT2D eigenvalue weighted by Gasteiger charge is 2.26. The largest absolute Gasteiger partial charge is 0.497 e. The molecule has 24 heavy (non-hydrogen) atoms. The van der Waals surface area contributed by atoms with Crippen LogP contribution in [0.3, 0.4) is 0 Å². The van der Waals surface area contributed by atoms with E-state index in [1.165, 1.54) is 26.4 Å². The van der Waals surface area contributed by atoms with Crippen molar-refractivity contribution in [1.82, 2.24) is 4.90 Å². The lowest BCUT2D eigenvalue weighted by Gasteiger charge is -2.35. The molecule has 0 spiro atoms. The van der Waals surface area contributed by atoms with Gasteiger partial charge < -0.3 is 23.8 Å². The van der Waals surface area contributed by atoms with Gasteiger partial charge in [-0.3, -0.25) is 4.79 Å². The maximum atomic E-state index is 12.2. The van der Waals surface area contributed by atoms with Gasteiger partial charge in [0.15, 0.2) is 6.61 Å². The molecule has 2 rings (SSSR count). The van der Waals surface area contributed by atoms with Crippen LogP contribution < -0.4 is 9.47 Å². The third kappa shape index (κ3) is 4.61. The van der Waals surface area contributed by atoms with Gasteiger partial charge in [-0.2, -0.15) is 0 Å². The van der Waals surface area contributed by atoms with Crippen LogP contribution in [-0.4, -0.2) is 62.9 Å². The minimum atomic E-state index is -0.602. The summed E-state index contributed by atoms with van der Waals surface area (Å²) in [6.07, 6.45) is -0.0629. The molecule has 0 aliphatic carbocycles. The number of nitrogens with zero attached hydrogens (tertiary/aromatic N) is 1. The van der Waals surface area contributed by atoms with Crippen molar-refractivity contribution in [2.75, 3.05) is 33.9 Å². The Balaban J connectivity index is 1.96. The fraction of sp³-hybridized carbons (Fsp3) is 0.529. The molecule has 7 nitrogen and oxygen atoms in total. The van der Waals surface area contributed by atoms with Crippen molar-refractivity contribution < 1.29 is 28.5 Å². The molecular formula is C17H23NO6. The van der Waals surface area contributed by atoms with Crippen LogP contribution in [0.5, 0.6) is 11.5 Å². The van der Waals surface area contributed by atoms with Crippen LogP contribution in [0.2, 0.25) is 0 Å². The Kier molecular flexibility index (Phi) is 6.03. The third-order valence-electron chi connectivity index (χ3n) is 3.69. The van der Waals surface area contributed by atoms with Gasteiger partial charge in [-0.1, -0.05) is 0 Å². The van der Waals surface area contributed by atoms with Gasteiger partial charge in [-0.25, -0.2) is 4.79 Å². The molecule has 0 radical (unpaired) electrons. The Morgan fingerprint density at radius 1 is 1.08 bits per heavy atom. The minimum absolute atomic E-state index is 0.0314. The molecule has 1 aliphatic heterocycles. The van der Waals surface area contributed by atoms with E-state index in [0.29, 0.717) is 24.6 Å². The highest BCUT2D eigenvalue weighted by atomic mass is 16.5. The molecule has 0 unspecified atom stereocenters. The lowest BCUT2D eigenvalue weighted by molar-refractivity contribution is -0.146. The number of carbonyl (C=O) groups is 2. The molecule has 1 fully saturated rings. The Hall–Kier alpha value is -2.28. The van der Waals surface area contributed by atoms with Crippen LogP contribution in [0.15, 0.2) is 18.2 Å². The van der Waals surface area contributed by atoms with Gasteiger partial charge in [0, 0.05) is 19.2 Å². The van der Waals surface area contributed by atoms with E-state index in [1.54, 1.807) is 11.0 Å². The van der Waals surface area contributed by atoms with Gasteiger partial charge in [0.05, 0.1) is 32.0 Å². The Bertz CT molecular complexity index is 570. The van der Waals surface area contributed by atoms with Crippen LogP contribution in [0.25, 0.3) is 0 Å². The molecule has 132 valence electrons. The first-order chi connectivity index (χ1) is 11.4. The van der Waals surface area contributed by atoms with Gasteiger partial charge in [0.1, 0.15) is 11.5 Å². The number of esters is 1.